The molecule has 25 heteroatoms. The number of thiazole rings is 1. The fourth-order valence-electron chi connectivity index (χ4n) is 7.96. The summed E-state index contributed by atoms with van der Waals surface area (Å²) in [5.74, 6) is 0.279. The first kappa shape index (κ1) is 67.7. The zero-order valence-electron chi connectivity index (χ0n) is 45.0. The minimum Gasteiger partial charge on any atom is -0.506 e. The lowest BCUT2D eigenvalue weighted by Gasteiger charge is -2.36. The number of piperidine rings is 1. The number of nitrogens with one attached hydrogen (secondary N) is 7. The molecule has 0 spiro atoms. The van der Waals surface area contributed by atoms with Gasteiger partial charge in [0.25, 0.3) is 5.91 Å². The predicted octanol–water partition coefficient (Wildman–Crippen LogP) is 4.18. The number of nitrogens with zero attached hydrogens (tertiary/aromatic N) is 3. The van der Waals surface area contributed by atoms with Crippen LogP contribution in [0.5, 0.6) is 5.75 Å². The number of rotatable bonds is 29. The normalized spacial score (nSPS) is 15.1. The number of phenolic OH excluding ortho intramolecular Hbond substituents is 1. The molecule has 1 aromatic heterocycles. The van der Waals surface area contributed by atoms with Crippen molar-refractivity contribution in [2.75, 3.05) is 45.7 Å². The van der Waals surface area contributed by atoms with Gasteiger partial charge < -0.3 is 34.9 Å². The van der Waals surface area contributed by atoms with E-state index in [0.717, 1.165) is 44.1 Å². The molecule has 3 rings (SSSR count). The van der Waals surface area contributed by atoms with E-state index in [-0.39, 0.29) is 91.2 Å². The van der Waals surface area contributed by atoms with Crippen molar-refractivity contribution in [1.29, 1.82) is 0 Å². The van der Waals surface area contributed by atoms with Crippen LogP contribution in [0.3, 0.4) is 0 Å². The van der Waals surface area contributed by atoms with Gasteiger partial charge in [-0.1, -0.05) is 66.9 Å². The molecule has 1 aliphatic rings. The number of ether oxygens (including phenoxy) is 2. The zero-order valence-corrected chi connectivity index (χ0v) is 46.7. The molecule has 76 heavy (non-hydrogen) atoms. The number of hydrogen-bond acceptors (Lipinski definition) is 16. The van der Waals surface area contributed by atoms with Gasteiger partial charge in [0.15, 0.2) is 6.10 Å². The van der Waals surface area contributed by atoms with Crippen molar-refractivity contribution in [2.24, 2.45) is 17.8 Å². The zero-order chi connectivity index (χ0) is 57.4. The number of phenols is 1. The Morgan fingerprint density at radius 1 is 1.01 bits per heavy atom. The summed E-state index contributed by atoms with van der Waals surface area (Å²) in [5.41, 5.74) is 5.04. The Hall–Kier alpha value is -6.33. The first-order valence-corrected chi connectivity index (χ1v) is 27.6. The Morgan fingerprint density at radius 3 is 2.18 bits per heavy atom. The minimum absolute atomic E-state index is 0.0415. The number of aromatic nitrogens is 1. The van der Waals surface area contributed by atoms with Crippen LogP contribution in [0, 0.1) is 42.4 Å². The molecule has 1 fully saturated rings. The van der Waals surface area contributed by atoms with E-state index in [1.165, 1.54) is 37.2 Å². The number of hydrazine groups is 2. The molecule has 23 nitrogen and oxygen atoms in total. The van der Waals surface area contributed by atoms with Crippen LogP contribution in [-0.2, 0) is 58.8 Å². The van der Waals surface area contributed by atoms with E-state index in [1.807, 2.05) is 45.6 Å². The number of aldehydes is 1. The van der Waals surface area contributed by atoms with E-state index in [2.05, 4.69) is 49.8 Å². The largest absolute Gasteiger partial charge is 0.506 e. The van der Waals surface area contributed by atoms with E-state index < -0.39 is 43.3 Å². The number of esters is 1. The van der Waals surface area contributed by atoms with E-state index >= 15 is 0 Å². The molecular weight excluding hydrogens is 1020 g/mol. The Morgan fingerprint density at radius 2 is 1.66 bits per heavy atom. The summed E-state index contributed by atoms with van der Waals surface area (Å²) in [6, 6.07) is 4.36. The molecule has 0 saturated carbocycles. The third kappa shape index (κ3) is 25.0. The van der Waals surface area contributed by atoms with E-state index in [4.69, 9.17) is 31.9 Å². The van der Waals surface area contributed by atoms with Gasteiger partial charge in [-0.25, -0.2) is 10.1 Å². The van der Waals surface area contributed by atoms with E-state index in [0.29, 0.717) is 24.3 Å². The Balaban J connectivity index is 0.00000212. The molecule has 0 radical (unpaired) electrons. The maximum Gasteiger partial charge on any atom is 0.373 e. The van der Waals surface area contributed by atoms with Crippen molar-refractivity contribution in [1.82, 2.24) is 46.4 Å². The predicted molar refractivity (Wildman–Crippen MR) is 285 cm³/mol. The standard InChI is InChI=1S/C43H64N9O10PS.C7H13NO.CO2/c1-11-16-31(45-41(58)34-26-64-42(47-34)37(62-29(9)53)25-35(27(6)7)52(10)43(59)32(13-3)28(8)12-2)23-30-17-18-36(54)33(24-30)46-40(57)19-21-61-22-20-44-63(60,50-48-38(55)14-4)51-49-39(56)15-5;1-8-5-3-2-4-7(8)6-9;2-1-3/h4-5,17-18,24,26-28,31-32,35,37,54H,11-13,16,19-23,25H2,1-3,6-10H3,(H,45,58)(H,46,57)(H,48,55)(H,49,56)(H3,44,50,51,60);6-7H,2-5H2,1H3;/t28-,31+,32-,35+,37+;7-;/m01./s1. The molecule has 1 aromatic carbocycles. The highest BCUT2D eigenvalue weighted by atomic mass is 32.1. The van der Waals surface area contributed by atoms with Crippen LogP contribution in [-0.4, -0.2) is 126 Å². The highest BCUT2D eigenvalue weighted by Gasteiger charge is 2.34. The summed E-state index contributed by atoms with van der Waals surface area (Å²) >= 11 is 1.21. The van der Waals surface area contributed by atoms with Crippen molar-refractivity contribution < 1.29 is 62.3 Å². The van der Waals surface area contributed by atoms with Crippen molar-refractivity contribution in [3.63, 3.8) is 0 Å². The summed E-state index contributed by atoms with van der Waals surface area (Å²) in [4.78, 5) is 110. The van der Waals surface area contributed by atoms with Crippen LogP contribution < -0.4 is 37.0 Å². The van der Waals surface area contributed by atoms with Crippen LogP contribution in [0.2, 0.25) is 0 Å². The molecule has 5 amide bonds. The van der Waals surface area contributed by atoms with Crippen LogP contribution in [0.4, 0.5) is 5.69 Å². The summed E-state index contributed by atoms with van der Waals surface area (Å²) in [7, 11) is -0.0754. The molecule has 0 unspecified atom stereocenters. The van der Waals surface area contributed by atoms with Gasteiger partial charge in [0.2, 0.25) is 11.8 Å². The van der Waals surface area contributed by atoms with Gasteiger partial charge in [0.05, 0.1) is 31.4 Å². The molecule has 2 aromatic rings. The van der Waals surface area contributed by atoms with Crippen LogP contribution in [0.1, 0.15) is 133 Å². The van der Waals surface area contributed by atoms with Crippen molar-refractivity contribution in [3.8, 4) is 30.4 Å². The number of likely N-dealkylation sites (tertiary alicyclic amines) is 1. The summed E-state index contributed by atoms with van der Waals surface area (Å²) in [6.07, 6.45) is 17.5. The number of carbonyl (C=O) groups is 7. The molecule has 0 aliphatic carbocycles. The third-order valence-corrected chi connectivity index (χ3v) is 14.7. The average molecular weight is 1100 g/mol. The first-order valence-electron chi connectivity index (χ1n) is 25.0. The summed E-state index contributed by atoms with van der Waals surface area (Å²) in [6.45, 7) is 14.4. The molecule has 420 valence electrons. The van der Waals surface area contributed by atoms with Gasteiger partial charge in [-0.15, -0.1) is 24.2 Å². The molecule has 2 heterocycles. The fourth-order valence-corrected chi connectivity index (χ4v) is 9.94. The maximum absolute atomic E-state index is 13.7. The number of amides is 5. The smallest absolute Gasteiger partial charge is 0.373 e. The number of carbonyl (C=O) groups excluding carboxylic acids is 9. The SMILES string of the molecule is C#CC(=O)NNP(=O)(NCCOCCC(=O)Nc1cc(C[C@@H](CCC)NC(=O)c2csc([C@@H](C[C@H](C(C)C)N(C)C(=O)[C@@H](CC)[C@@H](C)CC)OC(C)=O)n2)ccc1O)NNC(=O)C#C.CN1CCCC[C@@H]1C=O.O=C=O. The summed E-state index contributed by atoms with van der Waals surface area (Å²) < 4.78 is 24.2. The number of benzene rings is 1. The van der Waals surface area contributed by atoms with Gasteiger partial charge in [-0.05, 0) is 87.1 Å². The van der Waals surface area contributed by atoms with Gasteiger partial charge in [-0.2, -0.15) is 20.0 Å². The molecule has 8 N–H and O–H groups in total. The second-order valence-corrected chi connectivity index (χ2v) is 21.1. The minimum atomic E-state index is -3.89. The number of likely N-dealkylation sites (N-methyl/N-ethyl adjacent to an activating group) is 1. The lowest BCUT2D eigenvalue weighted by Crippen LogP contribution is -2.48. The molecule has 1 saturated heterocycles. The lowest BCUT2D eigenvalue weighted by molar-refractivity contribution is -0.192. The molecule has 0 bridgehead atoms. The quantitative estimate of drug-likeness (QED) is 0.0108. The van der Waals surface area contributed by atoms with Gasteiger partial charge in [0, 0.05) is 50.3 Å². The lowest BCUT2D eigenvalue weighted by atomic mass is 9.87. The first-order chi connectivity index (χ1) is 36.1. The van der Waals surface area contributed by atoms with Gasteiger partial charge >= 0.3 is 31.5 Å². The van der Waals surface area contributed by atoms with Gasteiger partial charge in [0.1, 0.15) is 22.7 Å². The second-order valence-electron chi connectivity index (χ2n) is 18.2. The number of hydrogen-bond donors (Lipinski definition) is 8. The fraction of sp³-hybridized carbons (Fsp3) is 0.588. The van der Waals surface area contributed by atoms with Crippen molar-refractivity contribution in [3.05, 3.63) is 39.8 Å². The summed E-state index contributed by atoms with van der Waals surface area (Å²) in [5, 5.41) is 25.2. The van der Waals surface area contributed by atoms with Gasteiger partial charge in [-0.3, -0.25) is 49.1 Å². The maximum atomic E-state index is 13.7. The van der Waals surface area contributed by atoms with E-state index in [9.17, 15) is 43.2 Å². The number of anilines is 1. The van der Waals surface area contributed by atoms with Crippen molar-refractivity contribution in [2.45, 2.75) is 137 Å². The average Bonchev–Trinajstić information content (AvgIpc) is 3.89. The van der Waals surface area contributed by atoms with Crippen LogP contribution in [0.15, 0.2) is 23.6 Å². The van der Waals surface area contributed by atoms with E-state index in [1.54, 1.807) is 41.3 Å². The topological polar surface area (TPSA) is 313 Å². The number of terminal acetylenes is 2. The Bertz CT molecular complexity index is 2330. The third-order valence-electron chi connectivity index (χ3n) is 12.2. The Labute approximate surface area is 450 Å². The second kappa shape index (κ2) is 36.6. The highest BCUT2D eigenvalue weighted by molar-refractivity contribution is 7.57. The molecule has 6 atom stereocenters. The van der Waals surface area contributed by atoms with Crippen LogP contribution >= 0.6 is 18.9 Å². The highest BCUT2D eigenvalue weighted by Crippen LogP contribution is 2.33. The molecule has 1 aliphatic heterocycles. The van der Waals surface area contributed by atoms with Crippen molar-refractivity contribution >= 4 is 72.6 Å². The monoisotopic (exact) mass is 1100 g/mol. The molecular formula is C51H77N10O13PS. The van der Waals surface area contributed by atoms with Crippen LogP contribution in [0.25, 0.3) is 0 Å². The Kier molecular flexibility index (Phi) is 32.6. The number of aromatic hydroxyl groups is 1.